The van der Waals surface area contributed by atoms with Crippen LogP contribution in [0.4, 0.5) is 0 Å². The summed E-state index contributed by atoms with van der Waals surface area (Å²) < 4.78 is 0. The zero-order chi connectivity index (χ0) is 9.47. The zero-order valence-corrected chi connectivity index (χ0v) is 8.11. The molecule has 0 unspecified atom stereocenters. The maximum Gasteiger partial charge on any atom is 0.0724 e. The first-order chi connectivity index (χ1) is 6.10. The van der Waals surface area contributed by atoms with E-state index in [9.17, 15) is 10.2 Å². The first kappa shape index (κ1) is 9.22. The van der Waals surface area contributed by atoms with E-state index in [2.05, 4.69) is 13.0 Å². The first-order valence-electron chi connectivity index (χ1n) is 5.16. The first-order valence-corrected chi connectivity index (χ1v) is 5.16. The lowest BCUT2D eigenvalue weighted by atomic mass is 9.62. The minimum absolute atomic E-state index is 0.142. The van der Waals surface area contributed by atoms with Gasteiger partial charge in [0.25, 0.3) is 0 Å². The van der Waals surface area contributed by atoms with Gasteiger partial charge in [0.15, 0.2) is 0 Å². The van der Waals surface area contributed by atoms with Gasteiger partial charge in [0.05, 0.1) is 12.2 Å². The summed E-state index contributed by atoms with van der Waals surface area (Å²) in [5.74, 6) is 0.469. The molecule has 0 bridgehead atoms. The monoisotopic (exact) mass is 182 g/mol. The van der Waals surface area contributed by atoms with Crippen LogP contribution in [0.15, 0.2) is 12.2 Å². The summed E-state index contributed by atoms with van der Waals surface area (Å²) in [5, 5.41) is 19.0. The van der Waals surface area contributed by atoms with Crippen molar-refractivity contribution in [1.29, 1.82) is 0 Å². The van der Waals surface area contributed by atoms with Crippen molar-refractivity contribution in [3.8, 4) is 0 Å². The summed E-state index contributed by atoms with van der Waals surface area (Å²) in [5.41, 5.74) is 0.235. The second-order valence-corrected chi connectivity index (χ2v) is 4.79. The van der Waals surface area contributed by atoms with Gasteiger partial charge in [-0.05, 0) is 37.0 Å². The molecule has 2 aliphatic rings. The molecular weight excluding hydrogens is 164 g/mol. The molecule has 4 atom stereocenters. The van der Waals surface area contributed by atoms with Gasteiger partial charge in [-0.15, -0.1) is 0 Å². The molecule has 0 spiro atoms. The fourth-order valence-electron chi connectivity index (χ4n) is 2.68. The molecule has 0 saturated heterocycles. The van der Waals surface area contributed by atoms with Crippen molar-refractivity contribution >= 4 is 0 Å². The SMILES string of the molecule is C[C@]12C=C[C@@H](O)C[C@H]1C[C@H](O)CC2. The lowest BCUT2D eigenvalue weighted by molar-refractivity contribution is 0.0147. The van der Waals surface area contributed by atoms with Crippen LogP contribution >= 0.6 is 0 Å². The predicted molar refractivity (Wildman–Crippen MR) is 51.2 cm³/mol. The summed E-state index contributed by atoms with van der Waals surface area (Å²) in [4.78, 5) is 0. The molecule has 0 radical (unpaired) electrons. The van der Waals surface area contributed by atoms with Crippen LogP contribution in [0.2, 0.25) is 0 Å². The van der Waals surface area contributed by atoms with E-state index in [1.807, 2.05) is 6.08 Å². The average Bonchev–Trinajstić information content (AvgIpc) is 2.08. The van der Waals surface area contributed by atoms with Crippen LogP contribution in [0, 0.1) is 11.3 Å². The fourth-order valence-corrected chi connectivity index (χ4v) is 2.68. The van der Waals surface area contributed by atoms with Crippen molar-refractivity contribution in [2.24, 2.45) is 11.3 Å². The van der Waals surface area contributed by atoms with Gasteiger partial charge in [-0.3, -0.25) is 0 Å². The molecule has 0 aromatic carbocycles. The van der Waals surface area contributed by atoms with Gasteiger partial charge in [-0.25, -0.2) is 0 Å². The smallest absolute Gasteiger partial charge is 0.0724 e. The van der Waals surface area contributed by atoms with Crippen LogP contribution in [0.5, 0.6) is 0 Å². The van der Waals surface area contributed by atoms with Gasteiger partial charge in [-0.2, -0.15) is 0 Å². The second-order valence-electron chi connectivity index (χ2n) is 4.79. The van der Waals surface area contributed by atoms with E-state index in [-0.39, 0.29) is 17.6 Å². The van der Waals surface area contributed by atoms with Crippen LogP contribution in [0.3, 0.4) is 0 Å². The Morgan fingerprint density at radius 3 is 2.85 bits per heavy atom. The van der Waals surface area contributed by atoms with Gasteiger partial charge in [0.2, 0.25) is 0 Å². The Hall–Kier alpha value is -0.340. The Morgan fingerprint density at radius 2 is 2.08 bits per heavy atom. The highest BCUT2D eigenvalue weighted by Gasteiger charge is 2.40. The van der Waals surface area contributed by atoms with E-state index in [4.69, 9.17) is 0 Å². The molecule has 74 valence electrons. The maximum atomic E-state index is 9.54. The average molecular weight is 182 g/mol. The van der Waals surface area contributed by atoms with Crippen molar-refractivity contribution in [2.45, 2.75) is 44.8 Å². The van der Waals surface area contributed by atoms with Crippen LogP contribution in [-0.4, -0.2) is 22.4 Å². The lowest BCUT2D eigenvalue weighted by Crippen LogP contribution is -2.39. The predicted octanol–water partition coefficient (Wildman–Crippen LogP) is 1.47. The van der Waals surface area contributed by atoms with Crippen molar-refractivity contribution in [3.05, 3.63) is 12.2 Å². The van der Waals surface area contributed by atoms with E-state index >= 15 is 0 Å². The highest BCUT2D eigenvalue weighted by Crippen LogP contribution is 2.46. The number of fused-ring (bicyclic) bond motifs is 1. The van der Waals surface area contributed by atoms with E-state index in [0.717, 1.165) is 25.7 Å². The lowest BCUT2D eigenvalue weighted by Gasteiger charge is -2.44. The minimum atomic E-state index is -0.289. The molecule has 0 aromatic rings. The van der Waals surface area contributed by atoms with Gasteiger partial charge in [0.1, 0.15) is 0 Å². The number of aliphatic hydroxyl groups excluding tert-OH is 2. The van der Waals surface area contributed by atoms with Gasteiger partial charge in [0, 0.05) is 0 Å². The molecular formula is C11H18O2. The number of hydrogen-bond donors (Lipinski definition) is 2. The summed E-state index contributed by atoms with van der Waals surface area (Å²) in [6.07, 6.45) is 7.28. The van der Waals surface area contributed by atoms with Crippen LogP contribution in [-0.2, 0) is 0 Å². The quantitative estimate of drug-likeness (QED) is 0.557. The van der Waals surface area contributed by atoms with E-state index in [1.54, 1.807) is 0 Å². The maximum absolute atomic E-state index is 9.54. The third-order valence-electron chi connectivity index (χ3n) is 3.73. The van der Waals surface area contributed by atoms with Crippen LogP contribution in [0.1, 0.15) is 32.6 Å². The van der Waals surface area contributed by atoms with Gasteiger partial charge in [-0.1, -0.05) is 19.1 Å². The Balaban J connectivity index is 2.17. The Bertz CT molecular complexity index is 224. The third-order valence-corrected chi connectivity index (χ3v) is 3.73. The molecule has 2 nitrogen and oxygen atoms in total. The summed E-state index contributed by atoms with van der Waals surface area (Å²) in [6.45, 7) is 2.24. The van der Waals surface area contributed by atoms with E-state index in [0.29, 0.717) is 5.92 Å². The molecule has 1 fully saturated rings. The summed E-state index contributed by atoms with van der Waals surface area (Å²) >= 11 is 0. The standard InChI is InChI=1S/C11H18O2/c1-11-4-2-9(12)6-8(11)7-10(13)3-5-11/h2,4,8-10,12-13H,3,5-7H2,1H3/t8-,9+,10+,11+/m0/s1. The molecule has 2 rings (SSSR count). The third kappa shape index (κ3) is 1.65. The normalized spacial score (nSPS) is 50.2. The summed E-state index contributed by atoms with van der Waals surface area (Å²) in [6, 6.07) is 0. The van der Waals surface area contributed by atoms with Gasteiger partial charge >= 0.3 is 0 Å². The zero-order valence-electron chi connectivity index (χ0n) is 8.11. The van der Waals surface area contributed by atoms with Crippen molar-refractivity contribution in [1.82, 2.24) is 0 Å². The Morgan fingerprint density at radius 1 is 1.31 bits per heavy atom. The van der Waals surface area contributed by atoms with Gasteiger partial charge < -0.3 is 10.2 Å². The molecule has 0 aliphatic heterocycles. The second kappa shape index (κ2) is 3.10. The topological polar surface area (TPSA) is 40.5 Å². The van der Waals surface area contributed by atoms with Crippen LogP contribution < -0.4 is 0 Å². The minimum Gasteiger partial charge on any atom is -0.393 e. The highest BCUT2D eigenvalue weighted by molar-refractivity contribution is 5.10. The molecule has 2 N–H and O–H groups in total. The molecule has 2 aliphatic carbocycles. The van der Waals surface area contributed by atoms with E-state index < -0.39 is 0 Å². The van der Waals surface area contributed by atoms with E-state index in [1.165, 1.54) is 0 Å². The fraction of sp³-hybridized carbons (Fsp3) is 0.818. The molecule has 13 heavy (non-hydrogen) atoms. The molecule has 2 heteroatoms. The summed E-state index contributed by atoms with van der Waals surface area (Å²) in [7, 11) is 0. The van der Waals surface area contributed by atoms with Crippen LogP contribution in [0.25, 0.3) is 0 Å². The number of hydrogen-bond acceptors (Lipinski definition) is 2. The van der Waals surface area contributed by atoms with Crippen molar-refractivity contribution in [2.75, 3.05) is 0 Å². The molecule has 0 amide bonds. The highest BCUT2D eigenvalue weighted by atomic mass is 16.3. The van der Waals surface area contributed by atoms with Crippen molar-refractivity contribution in [3.63, 3.8) is 0 Å². The largest absolute Gasteiger partial charge is 0.393 e. The number of allylic oxidation sites excluding steroid dienone is 1. The molecule has 1 saturated carbocycles. The number of rotatable bonds is 0. The molecule has 0 heterocycles. The van der Waals surface area contributed by atoms with Crippen molar-refractivity contribution < 1.29 is 10.2 Å². The Kier molecular flexibility index (Phi) is 2.20. The number of aliphatic hydroxyl groups is 2. The molecule has 0 aromatic heterocycles. The Labute approximate surface area is 79.3 Å².